The molecule has 1 heterocycles. The lowest BCUT2D eigenvalue weighted by Crippen LogP contribution is -2.05. The van der Waals surface area contributed by atoms with E-state index < -0.39 is 11.7 Å². The van der Waals surface area contributed by atoms with Gasteiger partial charge >= 0.3 is 6.18 Å². The number of fused-ring (bicyclic) bond motifs is 1. The molecule has 0 amide bonds. The van der Waals surface area contributed by atoms with E-state index in [1.165, 1.54) is 17.4 Å². The number of rotatable bonds is 1. The third kappa shape index (κ3) is 1.84. The molecule has 0 saturated carbocycles. The zero-order valence-corrected chi connectivity index (χ0v) is 8.75. The topological polar surface area (TPSA) is 12.9 Å². The van der Waals surface area contributed by atoms with Gasteiger partial charge in [0.2, 0.25) is 0 Å². The van der Waals surface area contributed by atoms with Gasteiger partial charge in [-0.25, -0.2) is 4.98 Å². The SMILES string of the molecule is CCc1nc2c(C(F)(F)F)cccc2s1. The third-order valence-electron chi connectivity index (χ3n) is 2.07. The predicted molar refractivity (Wildman–Crippen MR) is 54.0 cm³/mol. The molecule has 0 saturated heterocycles. The molecule has 15 heavy (non-hydrogen) atoms. The maximum atomic E-state index is 12.6. The molecule has 0 bridgehead atoms. The van der Waals surface area contributed by atoms with Crippen molar-refractivity contribution in [3.63, 3.8) is 0 Å². The summed E-state index contributed by atoms with van der Waals surface area (Å²) in [5.41, 5.74) is -0.567. The van der Waals surface area contributed by atoms with Crippen LogP contribution in [0.1, 0.15) is 17.5 Å². The summed E-state index contributed by atoms with van der Waals surface area (Å²) in [5.74, 6) is 0. The average Bonchev–Trinajstić information content (AvgIpc) is 2.57. The highest BCUT2D eigenvalue weighted by atomic mass is 32.1. The molecule has 0 unspecified atom stereocenters. The highest BCUT2D eigenvalue weighted by Gasteiger charge is 2.33. The normalized spacial score (nSPS) is 12.3. The Morgan fingerprint density at radius 1 is 1.33 bits per heavy atom. The molecule has 1 aromatic carbocycles. The fourth-order valence-electron chi connectivity index (χ4n) is 1.37. The van der Waals surface area contributed by atoms with Crippen LogP contribution in [0, 0.1) is 0 Å². The van der Waals surface area contributed by atoms with E-state index >= 15 is 0 Å². The molecular weight excluding hydrogens is 223 g/mol. The van der Waals surface area contributed by atoms with Crippen LogP contribution < -0.4 is 0 Å². The zero-order valence-electron chi connectivity index (χ0n) is 7.93. The van der Waals surface area contributed by atoms with E-state index in [0.717, 1.165) is 11.1 Å². The van der Waals surface area contributed by atoms with E-state index in [1.807, 2.05) is 6.92 Å². The predicted octanol–water partition coefficient (Wildman–Crippen LogP) is 3.88. The second-order valence-corrected chi connectivity index (χ2v) is 4.23. The first kappa shape index (κ1) is 10.4. The van der Waals surface area contributed by atoms with Crippen LogP contribution in [0.5, 0.6) is 0 Å². The Kier molecular flexibility index (Phi) is 2.42. The number of aromatic nitrogens is 1. The van der Waals surface area contributed by atoms with Crippen LogP contribution in [0.15, 0.2) is 18.2 Å². The summed E-state index contributed by atoms with van der Waals surface area (Å²) < 4.78 is 38.4. The van der Waals surface area contributed by atoms with Crippen molar-refractivity contribution in [3.8, 4) is 0 Å². The number of benzene rings is 1. The third-order valence-corrected chi connectivity index (χ3v) is 3.24. The van der Waals surface area contributed by atoms with Crippen LogP contribution in [0.3, 0.4) is 0 Å². The molecule has 0 N–H and O–H groups in total. The van der Waals surface area contributed by atoms with E-state index in [9.17, 15) is 13.2 Å². The Bertz CT molecular complexity index is 487. The molecule has 1 nitrogen and oxygen atoms in total. The zero-order chi connectivity index (χ0) is 11.1. The largest absolute Gasteiger partial charge is 0.418 e. The Balaban J connectivity index is 2.70. The van der Waals surface area contributed by atoms with Gasteiger partial charge in [0.15, 0.2) is 0 Å². The van der Waals surface area contributed by atoms with Crippen molar-refractivity contribution >= 4 is 21.6 Å². The van der Waals surface area contributed by atoms with Crippen LogP contribution in [0.25, 0.3) is 10.2 Å². The summed E-state index contributed by atoms with van der Waals surface area (Å²) in [4.78, 5) is 4.00. The van der Waals surface area contributed by atoms with E-state index in [0.29, 0.717) is 11.1 Å². The maximum Gasteiger partial charge on any atom is 0.418 e. The minimum atomic E-state index is -4.32. The summed E-state index contributed by atoms with van der Waals surface area (Å²) in [6.45, 7) is 1.88. The Morgan fingerprint density at radius 2 is 2.07 bits per heavy atom. The molecule has 80 valence electrons. The van der Waals surface area contributed by atoms with Crippen molar-refractivity contribution in [2.45, 2.75) is 19.5 Å². The van der Waals surface area contributed by atoms with Crippen molar-refractivity contribution in [2.75, 3.05) is 0 Å². The minimum absolute atomic E-state index is 0.0758. The van der Waals surface area contributed by atoms with Crippen LogP contribution in [0.4, 0.5) is 13.2 Å². The number of halogens is 3. The average molecular weight is 231 g/mol. The van der Waals surface area contributed by atoms with Gasteiger partial charge in [0.25, 0.3) is 0 Å². The lowest BCUT2D eigenvalue weighted by atomic mass is 10.2. The summed E-state index contributed by atoms with van der Waals surface area (Å²) in [6, 6.07) is 4.16. The highest BCUT2D eigenvalue weighted by molar-refractivity contribution is 7.18. The number of hydrogen-bond donors (Lipinski definition) is 0. The number of para-hydroxylation sites is 1. The van der Waals surface area contributed by atoms with E-state index in [-0.39, 0.29) is 5.52 Å². The summed E-state index contributed by atoms with van der Waals surface area (Å²) in [7, 11) is 0. The highest BCUT2D eigenvalue weighted by Crippen LogP contribution is 2.36. The van der Waals surface area contributed by atoms with Crippen molar-refractivity contribution in [2.24, 2.45) is 0 Å². The van der Waals surface area contributed by atoms with Crippen molar-refractivity contribution in [1.82, 2.24) is 4.98 Å². The molecule has 0 radical (unpaired) electrons. The van der Waals surface area contributed by atoms with E-state index in [2.05, 4.69) is 4.98 Å². The van der Waals surface area contributed by atoms with Crippen LogP contribution in [-0.4, -0.2) is 4.98 Å². The molecule has 0 fully saturated rings. The molecule has 1 aromatic heterocycles. The van der Waals surface area contributed by atoms with Crippen LogP contribution in [0.2, 0.25) is 0 Å². The van der Waals surface area contributed by atoms with Gasteiger partial charge in [0.1, 0.15) is 0 Å². The van der Waals surface area contributed by atoms with Gasteiger partial charge in [-0.15, -0.1) is 11.3 Å². The number of aryl methyl sites for hydroxylation is 1. The molecule has 0 spiro atoms. The number of thiazole rings is 1. The van der Waals surface area contributed by atoms with Gasteiger partial charge in [-0.3, -0.25) is 0 Å². The first-order chi connectivity index (χ1) is 7.02. The molecule has 0 atom stereocenters. The van der Waals surface area contributed by atoms with Crippen molar-refractivity contribution in [1.29, 1.82) is 0 Å². The van der Waals surface area contributed by atoms with Crippen molar-refractivity contribution in [3.05, 3.63) is 28.8 Å². The molecule has 5 heteroatoms. The Hall–Kier alpha value is -1.10. The first-order valence-corrected chi connectivity index (χ1v) is 5.29. The van der Waals surface area contributed by atoms with Crippen molar-refractivity contribution < 1.29 is 13.2 Å². The van der Waals surface area contributed by atoms with Crippen LogP contribution in [-0.2, 0) is 12.6 Å². The summed E-state index contributed by atoms with van der Waals surface area (Å²) >= 11 is 1.32. The van der Waals surface area contributed by atoms with Gasteiger partial charge in [-0.1, -0.05) is 13.0 Å². The maximum absolute atomic E-state index is 12.6. The molecule has 0 aliphatic rings. The molecule has 2 aromatic rings. The van der Waals surface area contributed by atoms with E-state index in [1.54, 1.807) is 6.07 Å². The summed E-state index contributed by atoms with van der Waals surface area (Å²) in [6.07, 6.45) is -3.66. The molecule has 0 aliphatic carbocycles. The molecule has 2 rings (SSSR count). The quantitative estimate of drug-likeness (QED) is 0.725. The van der Waals surface area contributed by atoms with E-state index in [4.69, 9.17) is 0 Å². The smallest absolute Gasteiger partial charge is 0.241 e. The standard InChI is InChI=1S/C10H8F3NS/c1-2-8-14-9-6(10(11,12)13)4-3-5-7(9)15-8/h3-5H,2H2,1H3. The number of alkyl halides is 3. The first-order valence-electron chi connectivity index (χ1n) is 4.48. The monoisotopic (exact) mass is 231 g/mol. The fourth-order valence-corrected chi connectivity index (χ4v) is 2.31. The van der Waals surface area contributed by atoms with Gasteiger partial charge in [-0.2, -0.15) is 13.2 Å². The Labute approximate surface area is 88.6 Å². The lowest BCUT2D eigenvalue weighted by Gasteiger charge is -2.05. The van der Waals surface area contributed by atoms with Gasteiger partial charge in [0, 0.05) is 0 Å². The molecule has 0 aliphatic heterocycles. The van der Waals surface area contributed by atoms with Gasteiger partial charge in [0.05, 0.1) is 20.8 Å². The Morgan fingerprint density at radius 3 is 2.67 bits per heavy atom. The number of nitrogens with zero attached hydrogens (tertiary/aromatic N) is 1. The number of hydrogen-bond acceptors (Lipinski definition) is 2. The molecular formula is C10H8F3NS. The second kappa shape index (κ2) is 3.48. The second-order valence-electron chi connectivity index (χ2n) is 3.11. The summed E-state index contributed by atoms with van der Waals surface area (Å²) in [5, 5.41) is 0.738. The lowest BCUT2D eigenvalue weighted by molar-refractivity contribution is -0.136. The minimum Gasteiger partial charge on any atom is -0.241 e. The van der Waals surface area contributed by atoms with Gasteiger partial charge < -0.3 is 0 Å². The van der Waals surface area contributed by atoms with Crippen LogP contribution >= 0.6 is 11.3 Å². The van der Waals surface area contributed by atoms with Gasteiger partial charge in [-0.05, 0) is 18.6 Å². The fraction of sp³-hybridized carbons (Fsp3) is 0.300.